The highest BCUT2D eigenvalue weighted by Gasteiger charge is 2.29. The third kappa shape index (κ3) is 3.62. The fourth-order valence-electron chi connectivity index (χ4n) is 2.05. The largest absolute Gasteiger partial charge is 0.490 e. The molecule has 0 amide bonds. The molecule has 1 aliphatic heterocycles. The molecule has 0 saturated carbocycles. The summed E-state index contributed by atoms with van der Waals surface area (Å²) in [6, 6.07) is 6.96. The Bertz CT molecular complexity index is 541. The van der Waals surface area contributed by atoms with E-state index >= 15 is 0 Å². The number of ether oxygens (including phenoxy) is 2. The van der Waals surface area contributed by atoms with Crippen molar-refractivity contribution in [3.05, 3.63) is 24.3 Å². The van der Waals surface area contributed by atoms with Crippen LogP contribution in [0.15, 0.2) is 24.3 Å². The van der Waals surface area contributed by atoms with E-state index in [1.54, 1.807) is 31.3 Å². The number of hydrogen-bond donors (Lipinski definition) is 1. The van der Waals surface area contributed by atoms with E-state index in [9.17, 15) is 8.42 Å². The van der Waals surface area contributed by atoms with Crippen molar-refractivity contribution in [2.24, 2.45) is 0 Å². The summed E-state index contributed by atoms with van der Waals surface area (Å²) < 4.78 is 36.3. The molecule has 2 N–H and O–H groups in total. The molecule has 6 nitrogen and oxygen atoms in total. The summed E-state index contributed by atoms with van der Waals surface area (Å²) in [6.45, 7) is 1.15. The SMILES string of the molecule is CN(C1CCOC1)S(=O)(=O)CCOc1ccccc1N. The first-order valence-corrected chi connectivity index (χ1v) is 8.12. The lowest BCUT2D eigenvalue weighted by molar-refractivity contribution is 0.180. The van der Waals surface area contributed by atoms with Crippen LogP contribution in [0.3, 0.4) is 0 Å². The zero-order valence-corrected chi connectivity index (χ0v) is 12.3. The van der Waals surface area contributed by atoms with Crippen molar-refractivity contribution in [3.8, 4) is 5.75 Å². The molecular weight excluding hydrogens is 280 g/mol. The fraction of sp³-hybridized carbons (Fsp3) is 0.538. The predicted molar refractivity (Wildman–Crippen MR) is 77.1 cm³/mol. The lowest BCUT2D eigenvalue weighted by Gasteiger charge is -2.22. The quantitative estimate of drug-likeness (QED) is 0.782. The van der Waals surface area contributed by atoms with E-state index in [-0.39, 0.29) is 18.4 Å². The Kier molecular flexibility index (Phi) is 4.85. The van der Waals surface area contributed by atoms with Crippen LogP contribution in [0.1, 0.15) is 6.42 Å². The van der Waals surface area contributed by atoms with Gasteiger partial charge in [0.25, 0.3) is 0 Å². The summed E-state index contributed by atoms with van der Waals surface area (Å²) in [4.78, 5) is 0. The van der Waals surface area contributed by atoms with Crippen molar-refractivity contribution in [2.45, 2.75) is 12.5 Å². The van der Waals surface area contributed by atoms with Gasteiger partial charge >= 0.3 is 0 Å². The Balaban J connectivity index is 1.87. The van der Waals surface area contributed by atoms with E-state index in [4.69, 9.17) is 15.2 Å². The van der Waals surface area contributed by atoms with Gasteiger partial charge in [0.15, 0.2) is 0 Å². The van der Waals surface area contributed by atoms with E-state index in [1.165, 1.54) is 4.31 Å². The van der Waals surface area contributed by atoms with E-state index < -0.39 is 10.0 Å². The van der Waals surface area contributed by atoms with Gasteiger partial charge in [-0.15, -0.1) is 0 Å². The first-order valence-electron chi connectivity index (χ1n) is 6.51. The minimum Gasteiger partial charge on any atom is -0.490 e. The summed E-state index contributed by atoms with van der Waals surface area (Å²) >= 11 is 0. The number of likely N-dealkylation sites (N-methyl/N-ethyl adjacent to an activating group) is 1. The molecular formula is C13H20N2O4S. The zero-order valence-electron chi connectivity index (χ0n) is 11.5. The molecule has 0 aromatic heterocycles. The van der Waals surface area contributed by atoms with Gasteiger partial charge in [0.2, 0.25) is 10.0 Å². The number of rotatable bonds is 6. The van der Waals surface area contributed by atoms with Crippen molar-refractivity contribution < 1.29 is 17.9 Å². The molecule has 1 fully saturated rings. The van der Waals surface area contributed by atoms with Crippen LogP contribution in [-0.2, 0) is 14.8 Å². The van der Waals surface area contributed by atoms with E-state index in [0.717, 1.165) is 6.42 Å². The summed E-state index contributed by atoms with van der Waals surface area (Å²) in [6.07, 6.45) is 0.738. The molecule has 20 heavy (non-hydrogen) atoms. The van der Waals surface area contributed by atoms with Crippen LogP contribution in [0, 0.1) is 0 Å². The Morgan fingerprint density at radius 1 is 1.45 bits per heavy atom. The van der Waals surface area contributed by atoms with Gasteiger partial charge in [-0.25, -0.2) is 8.42 Å². The van der Waals surface area contributed by atoms with Gasteiger partial charge in [0.1, 0.15) is 12.4 Å². The van der Waals surface area contributed by atoms with Crippen LogP contribution in [0.4, 0.5) is 5.69 Å². The van der Waals surface area contributed by atoms with Crippen LogP contribution < -0.4 is 10.5 Å². The molecule has 1 saturated heterocycles. The Labute approximate surface area is 119 Å². The summed E-state index contributed by atoms with van der Waals surface area (Å²) in [5.41, 5.74) is 6.23. The first-order chi connectivity index (χ1) is 9.50. The number of nitrogens with zero attached hydrogens (tertiary/aromatic N) is 1. The standard InChI is InChI=1S/C13H20N2O4S/c1-15(11-6-7-18-10-11)20(16,17)9-8-19-13-5-3-2-4-12(13)14/h2-5,11H,6-10,14H2,1H3. The molecule has 1 aromatic rings. The molecule has 1 aromatic carbocycles. The van der Waals surface area contributed by atoms with Gasteiger partial charge in [-0.05, 0) is 18.6 Å². The Hall–Kier alpha value is -1.31. The molecule has 112 valence electrons. The first kappa shape index (κ1) is 15.1. The second-order valence-electron chi connectivity index (χ2n) is 4.74. The van der Waals surface area contributed by atoms with E-state index in [0.29, 0.717) is 24.7 Å². The average Bonchev–Trinajstić information content (AvgIpc) is 2.94. The van der Waals surface area contributed by atoms with Crippen LogP contribution in [0.2, 0.25) is 0 Å². The van der Waals surface area contributed by atoms with Crippen molar-refractivity contribution in [2.75, 3.05) is 38.4 Å². The molecule has 2 rings (SSSR count). The average molecular weight is 300 g/mol. The van der Waals surface area contributed by atoms with E-state index in [2.05, 4.69) is 0 Å². The number of anilines is 1. The summed E-state index contributed by atoms with van der Waals surface area (Å²) in [5, 5.41) is 0. The van der Waals surface area contributed by atoms with Gasteiger partial charge < -0.3 is 15.2 Å². The number of benzene rings is 1. The molecule has 0 radical (unpaired) electrons. The van der Waals surface area contributed by atoms with Crippen molar-refractivity contribution >= 4 is 15.7 Å². The lowest BCUT2D eigenvalue weighted by Crippen LogP contribution is -2.39. The smallest absolute Gasteiger partial charge is 0.217 e. The molecule has 7 heteroatoms. The maximum atomic E-state index is 12.2. The fourth-order valence-corrected chi connectivity index (χ4v) is 3.25. The van der Waals surface area contributed by atoms with Gasteiger partial charge in [0, 0.05) is 13.7 Å². The third-order valence-corrected chi connectivity index (χ3v) is 5.23. The third-order valence-electron chi connectivity index (χ3n) is 3.38. The van der Waals surface area contributed by atoms with Gasteiger partial charge in [-0.3, -0.25) is 0 Å². The lowest BCUT2D eigenvalue weighted by atomic mass is 10.3. The molecule has 1 unspecified atom stereocenters. The minimum atomic E-state index is -3.34. The van der Waals surface area contributed by atoms with Crippen molar-refractivity contribution in [1.29, 1.82) is 0 Å². The molecule has 0 aliphatic carbocycles. The highest BCUT2D eigenvalue weighted by Crippen LogP contribution is 2.20. The van der Waals surface area contributed by atoms with Crippen LogP contribution >= 0.6 is 0 Å². The van der Waals surface area contributed by atoms with Gasteiger partial charge in [0.05, 0.1) is 24.1 Å². The molecule has 1 atom stereocenters. The second-order valence-corrected chi connectivity index (χ2v) is 6.88. The predicted octanol–water partition coefficient (Wildman–Crippen LogP) is 0.698. The highest BCUT2D eigenvalue weighted by atomic mass is 32.2. The summed E-state index contributed by atoms with van der Waals surface area (Å²) in [5.74, 6) is 0.434. The second kappa shape index (κ2) is 6.43. The molecule has 1 aliphatic rings. The zero-order chi connectivity index (χ0) is 14.6. The number of sulfonamides is 1. The number of hydrogen-bond acceptors (Lipinski definition) is 5. The van der Waals surface area contributed by atoms with Gasteiger partial charge in [-0.2, -0.15) is 4.31 Å². The molecule has 0 spiro atoms. The Morgan fingerprint density at radius 3 is 2.85 bits per heavy atom. The van der Waals surface area contributed by atoms with Crippen molar-refractivity contribution in [3.63, 3.8) is 0 Å². The summed E-state index contributed by atoms with van der Waals surface area (Å²) in [7, 11) is -1.75. The normalized spacial score (nSPS) is 19.4. The monoisotopic (exact) mass is 300 g/mol. The number of nitrogen functional groups attached to an aromatic ring is 1. The minimum absolute atomic E-state index is 0.0678. The highest BCUT2D eigenvalue weighted by molar-refractivity contribution is 7.89. The topological polar surface area (TPSA) is 81.9 Å². The number of nitrogens with two attached hydrogens (primary N) is 1. The maximum absolute atomic E-state index is 12.2. The Morgan fingerprint density at radius 2 is 2.20 bits per heavy atom. The van der Waals surface area contributed by atoms with Crippen LogP contribution in [-0.4, -0.2) is 51.4 Å². The van der Waals surface area contributed by atoms with E-state index in [1.807, 2.05) is 0 Å². The van der Waals surface area contributed by atoms with Crippen LogP contribution in [0.5, 0.6) is 5.75 Å². The molecule has 1 heterocycles. The maximum Gasteiger partial charge on any atom is 0.217 e. The number of para-hydroxylation sites is 2. The van der Waals surface area contributed by atoms with Crippen molar-refractivity contribution in [1.82, 2.24) is 4.31 Å². The van der Waals surface area contributed by atoms with Crippen LogP contribution in [0.25, 0.3) is 0 Å². The van der Waals surface area contributed by atoms with Gasteiger partial charge in [-0.1, -0.05) is 12.1 Å². The molecule has 0 bridgehead atoms.